The molecule has 3 amide bonds. The molecule has 3 fully saturated rings. The minimum atomic E-state index is -0.809. The number of esters is 1. The fourth-order valence-electron chi connectivity index (χ4n) is 5.07. The molecule has 0 spiro atoms. The van der Waals surface area contributed by atoms with E-state index in [9.17, 15) is 19.2 Å². The molecule has 1 saturated heterocycles. The summed E-state index contributed by atoms with van der Waals surface area (Å²) < 4.78 is 5.18. The Kier molecular flexibility index (Phi) is 6.72. The first-order valence-electron chi connectivity index (χ1n) is 11.1. The molecule has 3 N–H and O–H groups in total. The van der Waals surface area contributed by atoms with E-state index < -0.39 is 29.3 Å². The molecule has 30 heavy (non-hydrogen) atoms. The van der Waals surface area contributed by atoms with Gasteiger partial charge in [-0.3, -0.25) is 19.2 Å². The summed E-state index contributed by atoms with van der Waals surface area (Å²) in [5.41, 5.74) is -0.558. The third-order valence-electron chi connectivity index (χ3n) is 6.80. The minimum absolute atomic E-state index is 0.0966. The van der Waals surface area contributed by atoms with Gasteiger partial charge in [-0.05, 0) is 37.0 Å². The summed E-state index contributed by atoms with van der Waals surface area (Å²) in [4.78, 5) is 50.6. The van der Waals surface area contributed by atoms with Crippen LogP contribution in [0.15, 0.2) is 0 Å². The number of nitrogens with one attached hydrogen (secondary N) is 3. The number of likely N-dealkylation sites (N-methyl/N-ethyl adjacent to an activating group) is 1. The molecule has 0 aromatic rings. The third kappa shape index (κ3) is 4.78. The first kappa shape index (κ1) is 22.6. The number of hydrogen-bond donors (Lipinski definition) is 3. The molecule has 0 radical (unpaired) electrons. The number of rotatable bonds is 6. The summed E-state index contributed by atoms with van der Waals surface area (Å²) in [6.07, 6.45) is 5.94. The van der Waals surface area contributed by atoms with Crippen LogP contribution in [0.5, 0.6) is 0 Å². The molecule has 5 atom stereocenters. The Morgan fingerprint density at radius 2 is 1.67 bits per heavy atom. The van der Waals surface area contributed by atoms with E-state index in [0.29, 0.717) is 12.8 Å². The van der Waals surface area contributed by atoms with Crippen LogP contribution in [0.4, 0.5) is 0 Å². The SMILES string of the molecule is CNC(=O)[C@@H](NC(=O)[C@@H](NC(=O)C1CC2CC1C(=O)O2)C(C)(C)C)C1CCCCC1. The van der Waals surface area contributed by atoms with Gasteiger partial charge in [-0.2, -0.15) is 0 Å². The molecular weight excluding hydrogens is 386 g/mol. The third-order valence-corrected chi connectivity index (χ3v) is 6.80. The van der Waals surface area contributed by atoms with E-state index in [4.69, 9.17) is 4.74 Å². The molecule has 2 aliphatic carbocycles. The molecule has 8 nitrogen and oxygen atoms in total. The lowest BCUT2D eigenvalue weighted by Gasteiger charge is -2.35. The molecule has 3 unspecified atom stereocenters. The van der Waals surface area contributed by atoms with Gasteiger partial charge in [-0.1, -0.05) is 40.0 Å². The van der Waals surface area contributed by atoms with Crippen LogP contribution >= 0.6 is 0 Å². The van der Waals surface area contributed by atoms with Gasteiger partial charge in [0.1, 0.15) is 18.2 Å². The average molecular weight is 422 g/mol. The first-order chi connectivity index (χ1) is 14.1. The van der Waals surface area contributed by atoms with Crippen molar-refractivity contribution in [3.05, 3.63) is 0 Å². The molecule has 2 saturated carbocycles. The number of carbonyl (C=O) groups is 4. The van der Waals surface area contributed by atoms with Gasteiger partial charge in [-0.25, -0.2) is 0 Å². The summed E-state index contributed by atoms with van der Waals surface area (Å²) in [6, 6.07) is -1.42. The quantitative estimate of drug-likeness (QED) is 0.559. The highest BCUT2D eigenvalue weighted by Gasteiger charge is 2.51. The van der Waals surface area contributed by atoms with Crippen LogP contribution in [0.25, 0.3) is 0 Å². The zero-order valence-corrected chi connectivity index (χ0v) is 18.5. The molecule has 168 valence electrons. The molecule has 0 aromatic carbocycles. The van der Waals surface area contributed by atoms with Crippen LogP contribution < -0.4 is 16.0 Å². The van der Waals surface area contributed by atoms with Crippen LogP contribution in [0.3, 0.4) is 0 Å². The lowest BCUT2D eigenvalue weighted by atomic mass is 9.82. The number of fused-ring (bicyclic) bond motifs is 2. The van der Waals surface area contributed by atoms with Gasteiger partial charge < -0.3 is 20.7 Å². The van der Waals surface area contributed by atoms with E-state index in [1.165, 1.54) is 0 Å². The molecule has 0 aromatic heterocycles. The molecule has 3 rings (SSSR count). The maximum atomic E-state index is 13.2. The van der Waals surface area contributed by atoms with E-state index in [0.717, 1.165) is 32.1 Å². The second-order valence-corrected chi connectivity index (χ2v) is 10.0. The highest BCUT2D eigenvalue weighted by Crippen LogP contribution is 2.41. The van der Waals surface area contributed by atoms with Crippen LogP contribution in [-0.2, 0) is 23.9 Å². The van der Waals surface area contributed by atoms with Crippen molar-refractivity contribution in [3.63, 3.8) is 0 Å². The Hall–Kier alpha value is -2.12. The fourth-order valence-corrected chi connectivity index (χ4v) is 5.07. The van der Waals surface area contributed by atoms with Crippen LogP contribution in [-0.4, -0.2) is 48.9 Å². The van der Waals surface area contributed by atoms with Gasteiger partial charge in [0.2, 0.25) is 17.7 Å². The molecule has 1 heterocycles. The Balaban J connectivity index is 1.70. The normalized spacial score (nSPS) is 28.4. The summed E-state index contributed by atoms with van der Waals surface area (Å²) >= 11 is 0. The topological polar surface area (TPSA) is 114 Å². The van der Waals surface area contributed by atoms with E-state index in [1.807, 2.05) is 20.8 Å². The number of ether oxygens (including phenoxy) is 1. The molecule has 3 aliphatic rings. The smallest absolute Gasteiger partial charge is 0.310 e. The maximum Gasteiger partial charge on any atom is 0.310 e. The second-order valence-electron chi connectivity index (χ2n) is 10.0. The largest absolute Gasteiger partial charge is 0.462 e. The van der Waals surface area contributed by atoms with Gasteiger partial charge in [0.25, 0.3) is 0 Å². The Bertz CT molecular complexity index is 695. The van der Waals surface area contributed by atoms with Gasteiger partial charge in [0, 0.05) is 7.05 Å². The van der Waals surface area contributed by atoms with Crippen molar-refractivity contribution in [2.24, 2.45) is 23.2 Å². The Morgan fingerprint density at radius 1 is 1.00 bits per heavy atom. The lowest BCUT2D eigenvalue weighted by molar-refractivity contribution is -0.154. The summed E-state index contributed by atoms with van der Waals surface area (Å²) in [5.74, 6) is -1.95. The Morgan fingerprint density at radius 3 is 2.20 bits per heavy atom. The van der Waals surface area contributed by atoms with Gasteiger partial charge in [0.05, 0.1) is 11.8 Å². The predicted octanol–water partition coefficient (Wildman–Crippen LogP) is 1.28. The maximum absolute atomic E-state index is 13.2. The van der Waals surface area contributed by atoms with E-state index in [2.05, 4.69) is 16.0 Å². The average Bonchev–Trinajstić information content (AvgIpc) is 3.28. The van der Waals surface area contributed by atoms with Crippen molar-refractivity contribution in [2.45, 2.75) is 83.9 Å². The van der Waals surface area contributed by atoms with E-state index >= 15 is 0 Å². The van der Waals surface area contributed by atoms with Crippen LogP contribution in [0.2, 0.25) is 0 Å². The van der Waals surface area contributed by atoms with Crippen molar-refractivity contribution in [1.29, 1.82) is 0 Å². The van der Waals surface area contributed by atoms with Crippen molar-refractivity contribution in [2.75, 3.05) is 7.05 Å². The summed E-state index contributed by atoms with van der Waals surface area (Å²) in [7, 11) is 1.57. The van der Waals surface area contributed by atoms with Crippen molar-refractivity contribution >= 4 is 23.7 Å². The monoisotopic (exact) mass is 421 g/mol. The number of carbonyl (C=O) groups excluding carboxylic acids is 4. The second kappa shape index (κ2) is 8.94. The predicted molar refractivity (Wildman–Crippen MR) is 110 cm³/mol. The van der Waals surface area contributed by atoms with Crippen molar-refractivity contribution in [3.8, 4) is 0 Å². The summed E-state index contributed by atoms with van der Waals surface area (Å²) in [5, 5.41) is 8.47. The zero-order chi connectivity index (χ0) is 22.1. The summed E-state index contributed by atoms with van der Waals surface area (Å²) in [6.45, 7) is 5.63. The highest BCUT2D eigenvalue weighted by atomic mass is 16.6. The fraction of sp³-hybridized carbons (Fsp3) is 0.818. The lowest BCUT2D eigenvalue weighted by Crippen LogP contribution is -2.60. The van der Waals surface area contributed by atoms with E-state index in [-0.39, 0.29) is 35.7 Å². The molecule has 8 heteroatoms. The minimum Gasteiger partial charge on any atom is -0.462 e. The molecule has 2 bridgehead atoms. The Labute approximate surface area is 178 Å². The van der Waals surface area contributed by atoms with Gasteiger partial charge >= 0.3 is 5.97 Å². The standard InChI is InChI=1S/C22H35N3O5/c1-22(2,3)17(25-18(26)14-10-13-11-15(14)21(29)30-13)20(28)24-16(19(27)23-4)12-8-6-5-7-9-12/h12-17H,5-11H2,1-4H3,(H,23,27)(H,24,28)(H,25,26)/t13?,14?,15?,16-,17+/m0/s1. The van der Waals surface area contributed by atoms with Crippen molar-refractivity contribution < 1.29 is 23.9 Å². The molecule has 1 aliphatic heterocycles. The van der Waals surface area contributed by atoms with E-state index in [1.54, 1.807) is 7.05 Å². The van der Waals surface area contributed by atoms with Gasteiger partial charge in [-0.15, -0.1) is 0 Å². The zero-order valence-electron chi connectivity index (χ0n) is 18.5. The van der Waals surface area contributed by atoms with Gasteiger partial charge in [0.15, 0.2) is 0 Å². The van der Waals surface area contributed by atoms with Crippen molar-refractivity contribution in [1.82, 2.24) is 16.0 Å². The first-order valence-corrected chi connectivity index (χ1v) is 11.1. The highest BCUT2D eigenvalue weighted by molar-refractivity contribution is 5.94. The number of hydrogen-bond acceptors (Lipinski definition) is 5. The van der Waals surface area contributed by atoms with Crippen LogP contribution in [0, 0.1) is 23.2 Å². The number of amides is 3. The molecular formula is C22H35N3O5. The van der Waals surface area contributed by atoms with Crippen LogP contribution in [0.1, 0.15) is 65.7 Å².